The molecule has 0 aliphatic heterocycles. The van der Waals surface area contributed by atoms with Crippen LogP contribution in [-0.2, 0) is 16.0 Å². The Labute approximate surface area is 127 Å². The number of carbonyl (C=O) groups excluding carboxylic acids is 1. The summed E-state index contributed by atoms with van der Waals surface area (Å²) in [4.78, 5) is 23.5. The van der Waals surface area contributed by atoms with E-state index < -0.39 is 17.7 Å². The van der Waals surface area contributed by atoms with Crippen molar-refractivity contribution in [1.29, 1.82) is 5.26 Å². The van der Waals surface area contributed by atoms with Gasteiger partial charge in [-0.1, -0.05) is 6.07 Å². The monoisotopic (exact) mass is 308 g/mol. The van der Waals surface area contributed by atoms with Crippen LogP contribution < -0.4 is 4.74 Å². The lowest BCUT2D eigenvalue weighted by Gasteiger charge is -2.15. The molecule has 1 aromatic carbocycles. The smallest absolute Gasteiger partial charge is 0.306 e. The fourth-order valence-electron chi connectivity index (χ4n) is 1.77. The molecule has 0 aliphatic rings. The minimum atomic E-state index is -1.04. The number of nitriles is 1. The van der Waals surface area contributed by atoms with Crippen LogP contribution in [-0.4, -0.2) is 42.6 Å². The molecule has 1 atom stereocenters. The van der Waals surface area contributed by atoms with Crippen LogP contribution in [0.4, 0.5) is 4.39 Å². The Morgan fingerprint density at radius 1 is 1.45 bits per heavy atom. The van der Waals surface area contributed by atoms with Gasteiger partial charge in [-0.3, -0.25) is 9.59 Å². The minimum absolute atomic E-state index is 0.0901. The molecule has 6 nitrogen and oxygen atoms in total. The van der Waals surface area contributed by atoms with Gasteiger partial charge in [-0.15, -0.1) is 0 Å². The zero-order chi connectivity index (χ0) is 16.7. The Bertz CT molecular complexity index is 596. The molecule has 0 bridgehead atoms. The molecule has 118 valence electrons. The quantitative estimate of drug-likeness (QED) is 0.823. The number of carbonyl (C=O) groups is 2. The number of ether oxygens (including phenoxy) is 1. The van der Waals surface area contributed by atoms with E-state index in [1.807, 2.05) is 6.07 Å². The summed E-state index contributed by atoms with van der Waals surface area (Å²) >= 11 is 0. The topological polar surface area (TPSA) is 90.6 Å². The van der Waals surface area contributed by atoms with Crippen LogP contribution in [0.2, 0.25) is 0 Å². The number of benzene rings is 1. The number of carboxylic acids is 1. The van der Waals surface area contributed by atoms with Crippen molar-refractivity contribution < 1.29 is 23.8 Å². The van der Waals surface area contributed by atoms with Crippen LogP contribution in [0.5, 0.6) is 5.75 Å². The first-order valence-corrected chi connectivity index (χ1v) is 6.59. The number of rotatable bonds is 7. The molecule has 1 rings (SSSR count). The number of nitrogens with zero attached hydrogens (tertiary/aromatic N) is 2. The Morgan fingerprint density at radius 3 is 2.68 bits per heavy atom. The SMILES string of the molecule is CN(C)C(=O)[C@H](C#N)Cc1ccc(F)c(OCCC(=O)O)c1. The van der Waals surface area contributed by atoms with Crippen molar-refractivity contribution >= 4 is 11.9 Å². The molecule has 1 aromatic rings. The van der Waals surface area contributed by atoms with Gasteiger partial charge in [-0.25, -0.2) is 4.39 Å². The zero-order valence-electron chi connectivity index (χ0n) is 12.4. The molecular weight excluding hydrogens is 291 g/mol. The maximum atomic E-state index is 13.6. The first-order chi connectivity index (χ1) is 10.3. The third-order valence-electron chi connectivity index (χ3n) is 2.90. The zero-order valence-corrected chi connectivity index (χ0v) is 12.4. The Hall–Kier alpha value is -2.62. The molecule has 0 spiro atoms. The predicted molar refractivity (Wildman–Crippen MR) is 75.6 cm³/mol. The lowest BCUT2D eigenvalue weighted by atomic mass is 9.99. The van der Waals surface area contributed by atoms with Gasteiger partial charge in [-0.05, 0) is 24.1 Å². The number of aliphatic carboxylic acids is 1. The van der Waals surface area contributed by atoms with Crippen LogP contribution >= 0.6 is 0 Å². The summed E-state index contributed by atoms with van der Waals surface area (Å²) in [6.07, 6.45) is -0.118. The first kappa shape index (κ1) is 17.4. The molecule has 0 radical (unpaired) electrons. The standard InChI is InChI=1S/C15H17FN2O4/c1-18(2)15(21)11(9-17)7-10-3-4-12(16)13(8-10)22-6-5-14(19)20/h3-4,8,11H,5-7H2,1-2H3,(H,19,20)/t11-/m0/s1. The Morgan fingerprint density at radius 2 is 2.14 bits per heavy atom. The van der Waals surface area contributed by atoms with Gasteiger partial charge in [0.05, 0.1) is 19.1 Å². The van der Waals surface area contributed by atoms with E-state index in [1.165, 1.54) is 23.1 Å². The molecule has 0 saturated heterocycles. The van der Waals surface area contributed by atoms with Gasteiger partial charge in [0.2, 0.25) is 5.91 Å². The second kappa shape index (κ2) is 7.98. The number of hydrogen-bond acceptors (Lipinski definition) is 4. The summed E-state index contributed by atoms with van der Waals surface area (Å²) in [5.74, 6) is -2.96. The third-order valence-corrected chi connectivity index (χ3v) is 2.90. The van der Waals surface area contributed by atoms with Crippen LogP contribution in [0, 0.1) is 23.1 Å². The molecule has 1 amide bonds. The Kier molecular flexibility index (Phi) is 6.32. The highest BCUT2D eigenvalue weighted by Gasteiger charge is 2.20. The molecule has 0 aromatic heterocycles. The van der Waals surface area contributed by atoms with E-state index in [0.717, 1.165) is 0 Å². The summed E-state index contributed by atoms with van der Waals surface area (Å²) in [6, 6.07) is 5.93. The highest BCUT2D eigenvalue weighted by atomic mass is 19.1. The predicted octanol–water partition coefficient (Wildman–Crippen LogP) is 1.45. The molecule has 0 heterocycles. The second-order valence-corrected chi connectivity index (χ2v) is 4.88. The molecular formula is C15H17FN2O4. The van der Waals surface area contributed by atoms with E-state index in [2.05, 4.69) is 0 Å². The van der Waals surface area contributed by atoms with Crippen molar-refractivity contribution in [3.05, 3.63) is 29.6 Å². The minimum Gasteiger partial charge on any atom is -0.490 e. The number of amides is 1. The van der Waals surface area contributed by atoms with Crippen LogP contribution in [0.3, 0.4) is 0 Å². The average Bonchev–Trinajstić information content (AvgIpc) is 2.46. The summed E-state index contributed by atoms with van der Waals surface area (Å²) < 4.78 is 18.7. The van der Waals surface area contributed by atoms with Crippen LogP contribution in [0.25, 0.3) is 0 Å². The molecule has 1 N–H and O–H groups in total. The van der Waals surface area contributed by atoms with E-state index in [4.69, 9.17) is 15.1 Å². The van der Waals surface area contributed by atoms with Gasteiger partial charge in [-0.2, -0.15) is 5.26 Å². The summed E-state index contributed by atoms with van der Waals surface area (Å²) in [5.41, 5.74) is 0.563. The van der Waals surface area contributed by atoms with E-state index >= 15 is 0 Å². The van der Waals surface area contributed by atoms with Crippen LogP contribution in [0.1, 0.15) is 12.0 Å². The second-order valence-electron chi connectivity index (χ2n) is 4.88. The van der Waals surface area contributed by atoms with E-state index in [1.54, 1.807) is 14.1 Å². The lowest BCUT2D eigenvalue weighted by Crippen LogP contribution is -2.30. The summed E-state index contributed by atoms with van der Waals surface area (Å²) in [6.45, 7) is -0.159. The third kappa shape index (κ3) is 5.05. The van der Waals surface area contributed by atoms with Crippen molar-refractivity contribution in [2.24, 2.45) is 5.92 Å². The van der Waals surface area contributed by atoms with Gasteiger partial charge >= 0.3 is 5.97 Å². The fraction of sp³-hybridized carbons (Fsp3) is 0.400. The van der Waals surface area contributed by atoms with Crippen molar-refractivity contribution in [2.45, 2.75) is 12.8 Å². The fourth-order valence-corrected chi connectivity index (χ4v) is 1.77. The number of halogens is 1. The average molecular weight is 308 g/mol. The van der Waals surface area contributed by atoms with Crippen molar-refractivity contribution in [1.82, 2.24) is 4.90 Å². The van der Waals surface area contributed by atoms with Gasteiger partial charge in [0.25, 0.3) is 0 Å². The van der Waals surface area contributed by atoms with E-state index in [0.29, 0.717) is 5.56 Å². The van der Waals surface area contributed by atoms with Crippen molar-refractivity contribution in [3.8, 4) is 11.8 Å². The maximum Gasteiger partial charge on any atom is 0.306 e. The molecule has 22 heavy (non-hydrogen) atoms. The molecule has 0 aliphatic carbocycles. The first-order valence-electron chi connectivity index (χ1n) is 6.59. The number of carboxylic acid groups (broad SMARTS) is 1. The molecule has 0 fully saturated rings. The lowest BCUT2D eigenvalue weighted by molar-refractivity contribution is -0.137. The maximum absolute atomic E-state index is 13.6. The van der Waals surface area contributed by atoms with Crippen molar-refractivity contribution in [3.63, 3.8) is 0 Å². The normalized spacial score (nSPS) is 11.4. The van der Waals surface area contributed by atoms with Gasteiger partial charge in [0.1, 0.15) is 5.92 Å². The highest BCUT2D eigenvalue weighted by molar-refractivity contribution is 5.81. The molecule has 7 heteroatoms. The highest BCUT2D eigenvalue weighted by Crippen LogP contribution is 2.21. The van der Waals surface area contributed by atoms with E-state index in [9.17, 15) is 14.0 Å². The van der Waals surface area contributed by atoms with Gasteiger partial charge in [0.15, 0.2) is 11.6 Å². The van der Waals surface area contributed by atoms with Gasteiger partial charge in [0, 0.05) is 14.1 Å². The van der Waals surface area contributed by atoms with Crippen LogP contribution in [0.15, 0.2) is 18.2 Å². The Balaban J connectivity index is 2.81. The van der Waals surface area contributed by atoms with E-state index in [-0.39, 0.29) is 31.1 Å². The number of hydrogen-bond donors (Lipinski definition) is 1. The molecule has 0 unspecified atom stereocenters. The van der Waals surface area contributed by atoms with Crippen molar-refractivity contribution in [2.75, 3.05) is 20.7 Å². The largest absolute Gasteiger partial charge is 0.490 e. The summed E-state index contributed by atoms with van der Waals surface area (Å²) in [5, 5.41) is 17.6. The summed E-state index contributed by atoms with van der Waals surface area (Å²) in [7, 11) is 3.11. The molecule has 0 saturated carbocycles. The van der Waals surface area contributed by atoms with Gasteiger partial charge < -0.3 is 14.7 Å².